The first-order chi connectivity index (χ1) is 9.69. The molecule has 0 heterocycles. The first-order valence-electron chi connectivity index (χ1n) is 7.15. The fourth-order valence-corrected chi connectivity index (χ4v) is 2.37. The van der Waals surface area contributed by atoms with Crippen LogP contribution in [0.5, 0.6) is 0 Å². The first-order valence-corrected chi connectivity index (χ1v) is 7.15. The van der Waals surface area contributed by atoms with E-state index in [2.05, 4.69) is 36.5 Å². The summed E-state index contributed by atoms with van der Waals surface area (Å²) in [5, 5.41) is 3.29. The molecule has 1 N–H and O–H groups in total. The van der Waals surface area contributed by atoms with Gasteiger partial charge in [-0.3, -0.25) is 0 Å². The van der Waals surface area contributed by atoms with Gasteiger partial charge in [0.25, 0.3) is 0 Å². The van der Waals surface area contributed by atoms with E-state index in [1.54, 1.807) is 6.07 Å². The minimum atomic E-state index is -0.108. The number of likely N-dealkylation sites (N-methyl/N-ethyl adjacent to an activating group) is 1. The number of benzene rings is 2. The Kier molecular flexibility index (Phi) is 5.31. The van der Waals surface area contributed by atoms with E-state index in [9.17, 15) is 4.39 Å². The molecular formula is C18H22FN. The lowest BCUT2D eigenvalue weighted by Gasteiger charge is -2.16. The molecule has 106 valence electrons. The van der Waals surface area contributed by atoms with Gasteiger partial charge in [-0.05, 0) is 50.4 Å². The molecule has 0 fully saturated rings. The summed E-state index contributed by atoms with van der Waals surface area (Å²) in [5.41, 5.74) is 3.41. The highest BCUT2D eigenvalue weighted by Crippen LogP contribution is 2.13. The summed E-state index contributed by atoms with van der Waals surface area (Å²) in [4.78, 5) is 0. The fourth-order valence-electron chi connectivity index (χ4n) is 2.37. The van der Waals surface area contributed by atoms with Crippen molar-refractivity contribution >= 4 is 0 Å². The van der Waals surface area contributed by atoms with Crippen LogP contribution in [-0.4, -0.2) is 13.1 Å². The van der Waals surface area contributed by atoms with Crippen molar-refractivity contribution in [2.45, 2.75) is 32.2 Å². The highest BCUT2D eigenvalue weighted by Gasteiger charge is 2.10. The third-order valence-electron chi connectivity index (χ3n) is 3.73. The molecular weight excluding hydrogens is 249 g/mol. The van der Waals surface area contributed by atoms with Gasteiger partial charge in [0, 0.05) is 6.04 Å². The van der Waals surface area contributed by atoms with Gasteiger partial charge in [0.05, 0.1) is 0 Å². The van der Waals surface area contributed by atoms with Crippen molar-refractivity contribution in [2.24, 2.45) is 0 Å². The molecule has 0 saturated heterocycles. The third kappa shape index (κ3) is 4.17. The maximum Gasteiger partial charge on any atom is 0.126 e. The van der Waals surface area contributed by atoms with Crippen LogP contribution in [0.4, 0.5) is 4.39 Å². The quantitative estimate of drug-likeness (QED) is 0.840. The van der Waals surface area contributed by atoms with E-state index in [0.717, 1.165) is 24.8 Å². The molecule has 1 atom stereocenters. The van der Waals surface area contributed by atoms with Gasteiger partial charge in [0.15, 0.2) is 0 Å². The summed E-state index contributed by atoms with van der Waals surface area (Å²) < 4.78 is 13.7. The van der Waals surface area contributed by atoms with E-state index >= 15 is 0 Å². The van der Waals surface area contributed by atoms with E-state index in [0.29, 0.717) is 6.04 Å². The Hall–Kier alpha value is -1.67. The number of hydrogen-bond donors (Lipinski definition) is 1. The Morgan fingerprint density at radius 3 is 2.40 bits per heavy atom. The number of nitrogens with one attached hydrogen (secondary N) is 1. The average molecular weight is 271 g/mol. The standard InChI is InChI=1S/C18H22FN/c1-14-7-9-15(10-8-14)11-12-17(20-2)13-16-5-3-4-6-18(16)19/h3-10,17,20H,11-13H2,1-2H3. The van der Waals surface area contributed by atoms with E-state index < -0.39 is 0 Å². The smallest absolute Gasteiger partial charge is 0.126 e. The van der Waals surface area contributed by atoms with Gasteiger partial charge < -0.3 is 5.32 Å². The van der Waals surface area contributed by atoms with Gasteiger partial charge in [0.1, 0.15) is 5.82 Å². The van der Waals surface area contributed by atoms with Gasteiger partial charge in [-0.1, -0.05) is 48.0 Å². The van der Waals surface area contributed by atoms with Crippen molar-refractivity contribution in [2.75, 3.05) is 7.05 Å². The molecule has 0 spiro atoms. The predicted octanol–water partition coefficient (Wildman–Crippen LogP) is 3.90. The second-order valence-corrected chi connectivity index (χ2v) is 5.31. The van der Waals surface area contributed by atoms with Crippen LogP contribution >= 0.6 is 0 Å². The SMILES string of the molecule is CNC(CCc1ccc(C)cc1)Cc1ccccc1F. The molecule has 1 unspecified atom stereocenters. The topological polar surface area (TPSA) is 12.0 Å². The summed E-state index contributed by atoms with van der Waals surface area (Å²) in [6.45, 7) is 2.10. The normalized spacial score (nSPS) is 12.3. The van der Waals surface area contributed by atoms with E-state index in [1.165, 1.54) is 17.2 Å². The molecule has 2 aromatic rings. The van der Waals surface area contributed by atoms with Crippen molar-refractivity contribution < 1.29 is 4.39 Å². The monoisotopic (exact) mass is 271 g/mol. The number of aryl methyl sites for hydroxylation is 2. The minimum absolute atomic E-state index is 0.108. The molecule has 0 amide bonds. The second-order valence-electron chi connectivity index (χ2n) is 5.31. The van der Waals surface area contributed by atoms with Crippen LogP contribution in [0.2, 0.25) is 0 Å². The zero-order valence-electron chi connectivity index (χ0n) is 12.2. The summed E-state index contributed by atoms with van der Waals surface area (Å²) in [7, 11) is 1.95. The van der Waals surface area contributed by atoms with E-state index in [-0.39, 0.29) is 5.82 Å². The van der Waals surface area contributed by atoms with Crippen molar-refractivity contribution in [1.82, 2.24) is 5.32 Å². The zero-order chi connectivity index (χ0) is 14.4. The van der Waals surface area contributed by atoms with Gasteiger partial charge in [-0.25, -0.2) is 4.39 Å². The molecule has 0 radical (unpaired) electrons. The van der Waals surface area contributed by atoms with Crippen LogP contribution in [0.15, 0.2) is 48.5 Å². The molecule has 1 nitrogen and oxygen atoms in total. The summed E-state index contributed by atoms with van der Waals surface area (Å²) >= 11 is 0. The Morgan fingerprint density at radius 1 is 1.05 bits per heavy atom. The van der Waals surface area contributed by atoms with Gasteiger partial charge >= 0.3 is 0 Å². The Bertz CT molecular complexity index is 533. The molecule has 0 saturated carbocycles. The van der Waals surface area contributed by atoms with Crippen molar-refractivity contribution in [3.05, 3.63) is 71.0 Å². The predicted molar refractivity (Wildman–Crippen MR) is 82.5 cm³/mol. The minimum Gasteiger partial charge on any atom is -0.317 e. The lowest BCUT2D eigenvalue weighted by atomic mass is 9.98. The maximum absolute atomic E-state index is 13.7. The van der Waals surface area contributed by atoms with E-state index in [4.69, 9.17) is 0 Å². The highest BCUT2D eigenvalue weighted by atomic mass is 19.1. The molecule has 2 rings (SSSR count). The highest BCUT2D eigenvalue weighted by molar-refractivity contribution is 5.22. The Morgan fingerprint density at radius 2 is 1.75 bits per heavy atom. The molecule has 20 heavy (non-hydrogen) atoms. The fraction of sp³-hybridized carbons (Fsp3) is 0.333. The van der Waals surface area contributed by atoms with Crippen LogP contribution in [0.25, 0.3) is 0 Å². The number of rotatable bonds is 6. The lowest BCUT2D eigenvalue weighted by molar-refractivity contribution is 0.504. The average Bonchev–Trinajstić information content (AvgIpc) is 2.47. The summed E-state index contributed by atoms with van der Waals surface area (Å²) in [6, 6.07) is 15.9. The van der Waals surface area contributed by atoms with Crippen molar-refractivity contribution in [3.63, 3.8) is 0 Å². The Balaban J connectivity index is 1.92. The van der Waals surface area contributed by atoms with Crippen LogP contribution < -0.4 is 5.32 Å². The molecule has 0 aliphatic heterocycles. The molecule has 2 aromatic carbocycles. The number of hydrogen-bond acceptors (Lipinski definition) is 1. The van der Waals surface area contributed by atoms with Gasteiger partial charge in [-0.15, -0.1) is 0 Å². The summed E-state index contributed by atoms with van der Waals surface area (Å²) in [6.07, 6.45) is 2.75. The molecule has 0 bridgehead atoms. The second kappa shape index (κ2) is 7.20. The molecule has 0 aliphatic carbocycles. The Labute approximate surface area is 120 Å². The summed E-state index contributed by atoms with van der Waals surface area (Å²) in [5.74, 6) is -0.108. The molecule has 0 aromatic heterocycles. The van der Waals surface area contributed by atoms with Gasteiger partial charge in [-0.2, -0.15) is 0 Å². The molecule has 0 aliphatic rings. The largest absolute Gasteiger partial charge is 0.317 e. The van der Waals surface area contributed by atoms with Crippen LogP contribution in [0.3, 0.4) is 0 Å². The lowest BCUT2D eigenvalue weighted by Crippen LogP contribution is -2.28. The zero-order valence-corrected chi connectivity index (χ0v) is 12.2. The van der Waals surface area contributed by atoms with Gasteiger partial charge in [0.2, 0.25) is 0 Å². The number of halogens is 1. The van der Waals surface area contributed by atoms with Crippen LogP contribution in [0.1, 0.15) is 23.1 Å². The van der Waals surface area contributed by atoms with Crippen LogP contribution in [0, 0.1) is 12.7 Å². The van der Waals surface area contributed by atoms with Crippen molar-refractivity contribution in [1.29, 1.82) is 0 Å². The third-order valence-corrected chi connectivity index (χ3v) is 3.73. The van der Waals surface area contributed by atoms with E-state index in [1.807, 2.05) is 19.2 Å². The van der Waals surface area contributed by atoms with Crippen LogP contribution in [-0.2, 0) is 12.8 Å². The molecule has 2 heteroatoms. The first kappa shape index (κ1) is 14.7. The van der Waals surface area contributed by atoms with Crippen molar-refractivity contribution in [3.8, 4) is 0 Å². The maximum atomic E-state index is 13.7.